The summed E-state index contributed by atoms with van der Waals surface area (Å²) < 4.78 is 42.0. The average Bonchev–Trinajstić information content (AvgIpc) is 3.09. The number of likely N-dealkylation sites (tertiary alicyclic amines) is 1. The van der Waals surface area contributed by atoms with E-state index in [2.05, 4.69) is 10.2 Å². The number of aliphatic hydroxyl groups is 1. The molecule has 0 radical (unpaired) electrons. The van der Waals surface area contributed by atoms with Gasteiger partial charge in [0.05, 0.1) is 18.2 Å². The number of aryl methyl sites for hydroxylation is 1. The number of halogens is 3. The van der Waals surface area contributed by atoms with E-state index in [9.17, 15) is 18.3 Å². The van der Waals surface area contributed by atoms with Crippen LogP contribution in [-0.4, -0.2) is 37.4 Å². The molecular weight excluding hydrogens is 333 g/mol. The molecule has 1 aliphatic heterocycles. The Balaban J connectivity index is 1.93. The van der Waals surface area contributed by atoms with Crippen LogP contribution in [0.25, 0.3) is 0 Å². The van der Waals surface area contributed by atoms with Gasteiger partial charge in [0.15, 0.2) is 0 Å². The molecule has 0 spiro atoms. The lowest BCUT2D eigenvalue weighted by atomic mass is 9.97. The second kappa shape index (κ2) is 6.76. The van der Waals surface area contributed by atoms with Crippen molar-refractivity contribution in [1.82, 2.24) is 19.7 Å². The second-order valence-corrected chi connectivity index (χ2v) is 6.33. The first-order valence-corrected chi connectivity index (χ1v) is 8.28. The first-order chi connectivity index (χ1) is 11.8. The molecule has 3 rings (SSSR count). The van der Waals surface area contributed by atoms with Gasteiger partial charge >= 0.3 is 6.18 Å². The Bertz CT molecular complexity index is 744. The lowest BCUT2D eigenvalue weighted by molar-refractivity contribution is -0.138. The molecular formula is C17H21F3N4O. The van der Waals surface area contributed by atoms with E-state index in [1.54, 1.807) is 6.07 Å². The van der Waals surface area contributed by atoms with Gasteiger partial charge in [0.2, 0.25) is 0 Å². The number of aromatic nitrogens is 3. The van der Waals surface area contributed by atoms with Gasteiger partial charge in [-0.2, -0.15) is 13.2 Å². The summed E-state index contributed by atoms with van der Waals surface area (Å²) in [4.78, 5) is 1.85. The van der Waals surface area contributed by atoms with Gasteiger partial charge in [-0.1, -0.05) is 18.2 Å². The van der Waals surface area contributed by atoms with E-state index in [1.807, 2.05) is 23.3 Å². The third-order valence-corrected chi connectivity index (χ3v) is 4.68. The maximum absolute atomic E-state index is 13.4. The van der Waals surface area contributed by atoms with Crippen LogP contribution in [-0.2, 0) is 19.3 Å². The third-order valence-electron chi connectivity index (χ3n) is 4.68. The number of benzene rings is 1. The lowest BCUT2D eigenvalue weighted by Crippen LogP contribution is -2.27. The summed E-state index contributed by atoms with van der Waals surface area (Å²) in [5.74, 6) is 1.47. The largest absolute Gasteiger partial charge is 0.416 e. The Morgan fingerprint density at radius 3 is 2.64 bits per heavy atom. The quantitative estimate of drug-likeness (QED) is 0.917. The molecule has 0 aliphatic carbocycles. The van der Waals surface area contributed by atoms with Gasteiger partial charge in [-0.05, 0) is 31.9 Å². The molecule has 25 heavy (non-hydrogen) atoms. The third kappa shape index (κ3) is 3.55. The Kier molecular flexibility index (Phi) is 4.83. The fourth-order valence-corrected chi connectivity index (χ4v) is 3.56. The standard InChI is InChI=1S/C17H21F3N4O/c1-3-24-11(2)21-22-16(24)10-23-9-12(25)8-15(23)13-6-4-5-7-14(13)17(18,19)20/h4-7,12,15,25H,3,8-10H2,1-2H3/t12-,15-/m0/s1. The van der Waals surface area contributed by atoms with Gasteiger partial charge in [0.25, 0.3) is 0 Å². The van der Waals surface area contributed by atoms with Crippen LogP contribution in [0.5, 0.6) is 0 Å². The van der Waals surface area contributed by atoms with Crippen molar-refractivity contribution in [3.63, 3.8) is 0 Å². The summed E-state index contributed by atoms with van der Waals surface area (Å²) in [6.07, 6.45) is -4.81. The number of aliphatic hydroxyl groups excluding tert-OH is 1. The summed E-state index contributed by atoms with van der Waals surface area (Å²) in [6, 6.07) is 5.08. The number of alkyl halides is 3. The topological polar surface area (TPSA) is 54.2 Å². The van der Waals surface area contributed by atoms with Gasteiger partial charge in [0.1, 0.15) is 11.6 Å². The Morgan fingerprint density at radius 2 is 1.96 bits per heavy atom. The molecule has 0 unspecified atom stereocenters. The van der Waals surface area contributed by atoms with Crippen LogP contribution in [0.2, 0.25) is 0 Å². The van der Waals surface area contributed by atoms with Crippen LogP contribution in [0.3, 0.4) is 0 Å². The highest BCUT2D eigenvalue weighted by Crippen LogP contribution is 2.40. The SMILES string of the molecule is CCn1c(C)nnc1CN1C[C@@H](O)C[C@H]1c1ccccc1C(F)(F)F. The number of β-amino-alcohol motifs (C(OH)–C–C–N with tert-alkyl or cyclic N) is 1. The minimum absolute atomic E-state index is 0.200. The van der Waals surface area contributed by atoms with Crippen LogP contribution in [0.4, 0.5) is 13.2 Å². The number of nitrogens with zero attached hydrogens (tertiary/aromatic N) is 4. The van der Waals surface area contributed by atoms with Crippen molar-refractivity contribution in [3.05, 3.63) is 47.0 Å². The lowest BCUT2D eigenvalue weighted by Gasteiger charge is -2.26. The number of rotatable bonds is 4. The molecule has 1 saturated heterocycles. The summed E-state index contributed by atoms with van der Waals surface area (Å²) in [6.45, 7) is 5.16. The summed E-state index contributed by atoms with van der Waals surface area (Å²) >= 11 is 0. The molecule has 2 aromatic rings. The fraction of sp³-hybridized carbons (Fsp3) is 0.529. The molecule has 0 saturated carbocycles. The molecule has 1 N–H and O–H groups in total. The van der Waals surface area contributed by atoms with Crippen molar-refractivity contribution in [2.45, 2.75) is 51.7 Å². The van der Waals surface area contributed by atoms with Crippen molar-refractivity contribution in [2.24, 2.45) is 0 Å². The van der Waals surface area contributed by atoms with Crippen molar-refractivity contribution < 1.29 is 18.3 Å². The van der Waals surface area contributed by atoms with Crippen LogP contribution < -0.4 is 0 Å². The summed E-state index contributed by atoms with van der Waals surface area (Å²) in [5, 5.41) is 18.3. The maximum Gasteiger partial charge on any atom is 0.416 e. The van der Waals surface area contributed by atoms with Gasteiger partial charge in [-0.3, -0.25) is 4.90 Å². The molecule has 1 aromatic heterocycles. The number of hydrogen-bond acceptors (Lipinski definition) is 4. The Hall–Kier alpha value is -1.93. The normalized spacial score (nSPS) is 21.8. The molecule has 1 aromatic carbocycles. The van der Waals surface area contributed by atoms with E-state index in [0.29, 0.717) is 25.5 Å². The van der Waals surface area contributed by atoms with Crippen LogP contribution in [0.15, 0.2) is 24.3 Å². The molecule has 1 fully saturated rings. The fourth-order valence-electron chi connectivity index (χ4n) is 3.56. The molecule has 0 amide bonds. The molecule has 8 heteroatoms. The summed E-state index contributed by atoms with van der Waals surface area (Å²) in [5.41, 5.74) is -0.446. The first-order valence-electron chi connectivity index (χ1n) is 8.28. The van der Waals surface area contributed by atoms with E-state index in [1.165, 1.54) is 12.1 Å². The molecule has 136 valence electrons. The Morgan fingerprint density at radius 1 is 1.24 bits per heavy atom. The van der Waals surface area contributed by atoms with E-state index >= 15 is 0 Å². The average molecular weight is 354 g/mol. The van der Waals surface area contributed by atoms with Crippen molar-refractivity contribution >= 4 is 0 Å². The highest BCUT2D eigenvalue weighted by molar-refractivity contribution is 5.33. The van der Waals surface area contributed by atoms with Crippen LogP contribution >= 0.6 is 0 Å². The van der Waals surface area contributed by atoms with Crippen LogP contribution in [0.1, 0.15) is 42.2 Å². The monoisotopic (exact) mass is 354 g/mol. The zero-order valence-electron chi connectivity index (χ0n) is 14.2. The van der Waals surface area contributed by atoms with Crippen molar-refractivity contribution in [2.75, 3.05) is 6.54 Å². The highest BCUT2D eigenvalue weighted by atomic mass is 19.4. The van der Waals surface area contributed by atoms with Crippen molar-refractivity contribution in [3.8, 4) is 0 Å². The minimum Gasteiger partial charge on any atom is -0.392 e. The first kappa shape index (κ1) is 17.9. The van der Waals surface area contributed by atoms with Crippen LogP contribution in [0, 0.1) is 6.92 Å². The van der Waals surface area contributed by atoms with Crippen molar-refractivity contribution in [1.29, 1.82) is 0 Å². The van der Waals surface area contributed by atoms with Gasteiger partial charge < -0.3 is 9.67 Å². The van der Waals surface area contributed by atoms with Gasteiger partial charge in [-0.15, -0.1) is 10.2 Å². The summed E-state index contributed by atoms with van der Waals surface area (Å²) in [7, 11) is 0. The highest BCUT2D eigenvalue weighted by Gasteiger charge is 2.40. The molecule has 2 heterocycles. The smallest absolute Gasteiger partial charge is 0.392 e. The minimum atomic E-state index is -4.42. The molecule has 2 atom stereocenters. The zero-order chi connectivity index (χ0) is 18.2. The maximum atomic E-state index is 13.4. The number of hydrogen-bond donors (Lipinski definition) is 1. The molecule has 1 aliphatic rings. The predicted molar refractivity (Wildman–Crippen MR) is 85.7 cm³/mol. The molecule has 0 bridgehead atoms. The van der Waals surface area contributed by atoms with E-state index < -0.39 is 23.9 Å². The van der Waals surface area contributed by atoms with E-state index in [0.717, 1.165) is 11.9 Å². The predicted octanol–water partition coefficient (Wildman–Crippen LogP) is 2.93. The second-order valence-electron chi connectivity index (χ2n) is 6.33. The van der Waals surface area contributed by atoms with E-state index in [4.69, 9.17) is 0 Å². The zero-order valence-corrected chi connectivity index (χ0v) is 14.2. The molecule has 5 nitrogen and oxygen atoms in total. The van der Waals surface area contributed by atoms with Gasteiger partial charge in [-0.25, -0.2) is 0 Å². The van der Waals surface area contributed by atoms with Gasteiger partial charge in [0, 0.05) is 19.1 Å². The van der Waals surface area contributed by atoms with E-state index in [-0.39, 0.29) is 12.0 Å². The Labute approximate surface area is 144 Å².